The third-order valence-electron chi connectivity index (χ3n) is 5.81. The molecule has 0 saturated carbocycles. The number of pyridine rings is 2. The number of benzene rings is 2. The van der Waals surface area contributed by atoms with Gasteiger partial charge in [-0.25, -0.2) is 10.1 Å². The molecule has 0 aliphatic heterocycles. The standard InChI is InChI=1S/C24H20N8O2S/c1-14-3-4-15(11-25)9-20(14)32-23-18-10-16(17-6-8-22(26)29-12-17)5-7-19(18)28-13-21(23)31(2)24(32)30-35(27,33)34/h3-10,12-13H,1-2H3,(H2,26,29)(H2,27,33,34). The molecule has 0 aliphatic carbocycles. The second-order valence-corrected chi connectivity index (χ2v) is 9.32. The molecule has 4 N–H and O–H groups in total. The van der Waals surface area contributed by atoms with E-state index in [1.807, 2.05) is 31.2 Å². The van der Waals surface area contributed by atoms with Gasteiger partial charge < -0.3 is 10.3 Å². The van der Waals surface area contributed by atoms with Gasteiger partial charge in [-0.1, -0.05) is 12.1 Å². The Morgan fingerprint density at radius 3 is 2.49 bits per heavy atom. The van der Waals surface area contributed by atoms with Crippen LogP contribution in [0, 0.1) is 18.3 Å². The Bertz CT molecular complexity index is 1860. The lowest BCUT2D eigenvalue weighted by Crippen LogP contribution is -2.27. The van der Waals surface area contributed by atoms with Gasteiger partial charge in [-0.2, -0.15) is 13.7 Å². The van der Waals surface area contributed by atoms with E-state index in [0.29, 0.717) is 33.6 Å². The monoisotopic (exact) mass is 484 g/mol. The summed E-state index contributed by atoms with van der Waals surface area (Å²) in [4.78, 5) is 8.75. The van der Waals surface area contributed by atoms with E-state index in [-0.39, 0.29) is 5.62 Å². The van der Waals surface area contributed by atoms with Gasteiger partial charge in [0.15, 0.2) is 0 Å². The van der Waals surface area contributed by atoms with Gasteiger partial charge >= 0.3 is 10.2 Å². The molecule has 174 valence electrons. The Hall–Kier alpha value is -4.53. The Kier molecular flexibility index (Phi) is 5.12. The van der Waals surface area contributed by atoms with Crippen LogP contribution in [-0.4, -0.2) is 27.5 Å². The zero-order chi connectivity index (χ0) is 24.9. The minimum atomic E-state index is -4.24. The summed E-state index contributed by atoms with van der Waals surface area (Å²) in [5, 5.41) is 15.6. The molecule has 0 aliphatic rings. The van der Waals surface area contributed by atoms with Crippen LogP contribution in [0.25, 0.3) is 38.8 Å². The lowest BCUT2D eigenvalue weighted by atomic mass is 10.0. The van der Waals surface area contributed by atoms with E-state index in [0.717, 1.165) is 22.1 Å². The molecule has 0 atom stereocenters. The average molecular weight is 485 g/mol. The summed E-state index contributed by atoms with van der Waals surface area (Å²) in [5.41, 5.74) is 11.4. The van der Waals surface area contributed by atoms with Crippen LogP contribution in [0.1, 0.15) is 11.1 Å². The number of hydrogen-bond donors (Lipinski definition) is 2. The minimum absolute atomic E-state index is 0.0783. The summed E-state index contributed by atoms with van der Waals surface area (Å²) in [7, 11) is -2.55. The molecule has 0 spiro atoms. The largest absolute Gasteiger partial charge is 0.384 e. The van der Waals surface area contributed by atoms with E-state index >= 15 is 0 Å². The van der Waals surface area contributed by atoms with Crippen molar-refractivity contribution in [3.63, 3.8) is 0 Å². The fourth-order valence-electron chi connectivity index (χ4n) is 4.13. The number of nitriles is 1. The van der Waals surface area contributed by atoms with Gasteiger partial charge in [0.05, 0.1) is 40.1 Å². The zero-order valence-corrected chi connectivity index (χ0v) is 19.7. The smallest absolute Gasteiger partial charge is 0.320 e. The molecule has 5 aromatic rings. The molecule has 11 heteroatoms. The highest BCUT2D eigenvalue weighted by atomic mass is 32.2. The van der Waals surface area contributed by atoms with Gasteiger partial charge in [-0.15, -0.1) is 4.40 Å². The Morgan fingerprint density at radius 2 is 1.80 bits per heavy atom. The first-order valence-corrected chi connectivity index (χ1v) is 12.0. The third-order valence-corrected chi connectivity index (χ3v) is 6.23. The highest BCUT2D eigenvalue weighted by molar-refractivity contribution is 7.87. The van der Waals surface area contributed by atoms with Crippen molar-refractivity contribution in [3.05, 3.63) is 77.7 Å². The maximum Gasteiger partial charge on any atom is 0.320 e. The first-order valence-electron chi connectivity index (χ1n) is 10.5. The molecule has 35 heavy (non-hydrogen) atoms. The van der Waals surface area contributed by atoms with Crippen LogP contribution in [0.5, 0.6) is 0 Å². The Morgan fingerprint density at radius 1 is 1.03 bits per heavy atom. The quantitative estimate of drug-likeness (QED) is 0.400. The number of nitrogens with zero attached hydrogens (tertiary/aromatic N) is 6. The molecule has 0 fully saturated rings. The zero-order valence-electron chi connectivity index (χ0n) is 18.8. The van der Waals surface area contributed by atoms with E-state index in [1.165, 1.54) is 0 Å². The number of nitrogen functional groups attached to an aromatic ring is 1. The number of fused-ring (bicyclic) bond motifs is 3. The average Bonchev–Trinajstić information content (AvgIpc) is 3.10. The van der Waals surface area contributed by atoms with Crippen LogP contribution in [-0.2, 0) is 17.3 Å². The fraction of sp³-hybridized carbons (Fsp3) is 0.0833. The second kappa shape index (κ2) is 8.05. The van der Waals surface area contributed by atoms with Gasteiger partial charge in [-0.05, 0) is 54.4 Å². The SMILES string of the molecule is Cc1ccc(C#N)cc1-n1c(=NS(N)(=O)=O)n(C)c2cnc3ccc(-c4ccc(N)nc4)cc3c21. The predicted molar refractivity (Wildman–Crippen MR) is 133 cm³/mol. The molecule has 0 radical (unpaired) electrons. The summed E-state index contributed by atoms with van der Waals surface area (Å²) in [6.45, 7) is 1.87. The molecule has 2 aromatic carbocycles. The maximum atomic E-state index is 12.1. The normalized spacial score (nSPS) is 12.3. The van der Waals surface area contributed by atoms with Crippen LogP contribution < -0.4 is 16.5 Å². The Labute approximate surface area is 200 Å². The van der Waals surface area contributed by atoms with Gasteiger partial charge in [-0.3, -0.25) is 9.55 Å². The molecular formula is C24H20N8O2S. The first kappa shape index (κ1) is 22.3. The summed E-state index contributed by atoms with van der Waals surface area (Å²) in [6, 6.07) is 16.7. The highest BCUT2D eigenvalue weighted by Gasteiger charge is 2.19. The van der Waals surface area contributed by atoms with Crippen molar-refractivity contribution in [1.29, 1.82) is 5.26 Å². The second-order valence-electron chi connectivity index (χ2n) is 8.11. The predicted octanol–water partition coefficient (Wildman–Crippen LogP) is 2.45. The van der Waals surface area contributed by atoms with E-state index in [9.17, 15) is 13.7 Å². The van der Waals surface area contributed by atoms with Crippen molar-refractivity contribution in [1.82, 2.24) is 19.1 Å². The lowest BCUT2D eigenvalue weighted by molar-refractivity contribution is 0.596. The van der Waals surface area contributed by atoms with E-state index in [1.54, 1.807) is 52.8 Å². The summed E-state index contributed by atoms with van der Waals surface area (Å²) < 4.78 is 31.3. The van der Waals surface area contributed by atoms with Gasteiger partial charge in [0.25, 0.3) is 0 Å². The maximum absolute atomic E-state index is 12.1. The van der Waals surface area contributed by atoms with Crippen molar-refractivity contribution < 1.29 is 8.42 Å². The first-order chi connectivity index (χ1) is 16.7. The number of rotatable bonds is 3. The number of nitrogens with two attached hydrogens (primary N) is 2. The van der Waals surface area contributed by atoms with Crippen molar-refractivity contribution >= 4 is 38.0 Å². The molecule has 3 aromatic heterocycles. The molecular weight excluding hydrogens is 464 g/mol. The van der Waals surface area contributed by atoms with Crippen molar-refractivity contribution in [2.24, 2.45) is 16.6 Å². The van der Waals surface area contributed by atoms with Gasteiger partial charge in [0.1, 0.15) is 5.82 Å². The number of anilines is 1. The fourth-order valence-corrected chi connectivity index (χ4v) is 4.56. The third kappa shape index (κ3) is 3.90. The summed E-state index contributed by atoms with van der Waals surface area (Å²) in [6.07, 6.45) is 3.34. The van der Waals surface area contributed by atoms with Crippen LogP contribution in [0.2, 0.25) is 0 Å². The summed E-state index contributed by atoms with van der Waals surface area (Å²) in [5.74, 6) is 0.418. The van der Waals surface area contributed by atoms with Crippen LogP contribution >= 0.6 is 0 Å². The molecule has 3 heterocycles. The van der Waals surface area contributed by atoms with Crippen molar-refractivity contribution in [2.75, 3.05) is 5.73 Å². The van der Waals surface area contributed by atoms with Crippen molar-refractivity contribution in [2.45, 2.75) is 6.92 Å². The highest BCUT2D eigenvalue weighted by Crippen LogP contribution is 2.30. The van der Waals surface area contributed by atoms with E-state index in [2.05, 4.69) is 20.4 Å². The molecule has 0 saturated heterocycles. The number of aromatic nitrogens is 4. The Balaban J connectivity index is 1.98. The minimum Gasteiger partial charge on any atom is -0.384 e. The number of hydrogen-bond acceptors (Lipinski definition) is 6. The number of imidazole rings is 1. The summed E-state index contributed by atoms with van der Waals surface area (Å²) >= 11 is 0. The van der Waals surface area contributed by atoms with Gasteiger partial charge in [0.2, 0.25) is 5.62 Å². The molecule has 0 amide bonds. The molecule has 0 bridgehead atoms. The van der Waals surface area contributed by atoms with Crippen LogP contribution in [0.3, 0.4) is 0 Å². The molecule has 5 rings (SSSR count). The number of aryl methyl sites for hydroxylation is 2. The van der Waals surface area contributed by atoms with Gasteiger partial charge in [0, 0.05) is 24.2 Å². The molecule has 10 nitrogen and oxygen atoms in total. The van der Waals surface area contributed by atoms with Crippen molar-refractivity contribution in [3.8, 4) is 22.9 Å². The molecule has 0 unspecified atom stereocenters. The lowest BCUT2D eigenvalue weighted by Gasteiger charge is -2.11. The van der Waals surface area contributed by atoms with Crippen LogP contribution in [0.15, 0.2) is 65.3 Å². The van der Waals surface area contributed by atoms with E-state index in [4.69, 9.17) is 10.9 Å². The van der Waals surface area contributed by atoms with E-state index < -0.39 is 10.2 Å². The topological polar surface area (TPSA) is 158 Å². The van der Waals surface area contributed by atoms with Crippen LogP contribution in [0.4, 0.5) is 5.82 Å².